The van der Waals surface area contributed by atoms with E-state index in [-0.39, 0.29) is 24.4 Å². The molecule has 1 saturated heterocycles. The fourth-order valence-electron chi connectivity index (χ4n) is 3.22. The van der Waals surface area contributed by atoms with Crippen LogP contribution in [-0.2, 0) is 9.59 Å². The van der Waals surface area contributed by atoms with Gasteiger partial charge in [0.05, 0.1) is 17.4 Å². The number of amides is 2. The molecule has 0 radical (unpaired) electrons. The van der Waals surface area contributed by atoms with Crippen LogP contribution in [0.15, 0.2) is 60.7 Å². The second-order valence-electron chi connectivity index (χ2n) is 6.82. The predicted molar refractivity (Wildman–Crippen MR) is 118 cm³/mol. The largest absolute Gasteiger partial charge is 0.336 e. The number of piperazine rings is 1. The van der Waals surface area contributed by atoms with Crippen LogP contribution in [0.4, 0.5) is 0 Å². The van der Waals surface area contributed by atoms with Gasteiger partial charge in [0.2, 0.25) is 5.91 Å². The molecular weight excluding hydrogens is 404 g/mol. The summed E-state index contributed by atoms with van der Waals surface area (Å²) in [5.41, 5.74) is 3.88. The molecule has 1 fully saturated rings. The maximum Gasteiger partial charge on any atom is 0.267 e. The van der Waals surface area contributed by atoms with E-state index in [9.17, 15) is 9.59 Å². The molecule has 8 heteroatoms. The van der Waals surface area contributed by atoms with Crippen molar-refractivity contribution in [1.82, 2.24) is 20.3 Å². The van der Waals surface area contributed by atoms with E-state index < -0.39 is 5.91 Å². The van der Waals surface area contributed by atoms with Gasteiger partial charge in [-0.25, -0.2) is 10.5 Å². The summed E-state index contributed by atoms with van der Waals surface area (Å²) in [5, 5.41) is 8.52. The Bertz CT molecular complexity index is 918. The maximum atomic E-state index is 12.7. The molecule has 1 atom stereocenters. The van der Waals surface area contributed by atoms with Crippen molar-refractivity contribution in [1.29, 1.82) is 0 Å². The molecule has 1 aromatic carbocycles. The van der Waals surface area contributed by atoms with Crippen molar-refractivity contribution in [3.05, 3.63) is 77.6 Å². The van der Waals surface area contributed by atoms with Gasteiger partial charge in [0.15, 0.2) is 0 Å². The first-order chi connectivity index (χ1) is 14.1. The molecule has 2 heterocycles. The van der Waals surface area contributed by atoms with Crippen molar-refractivity contribution in [3.8, 4) is 0 Å². The van der Waals surface area contributed by atoms with Crippen LogP contribution in [0, 0.1) is 0 Å². The lowest BCUT2D eigenvalue weighted by atomic mass is 10.0. The van der Waals surface area contributed by atoms with Crippen LogP contribution in [0.2, 0.25) is 0 Å². The molecule has 1 aromatic heterocycles. The van der Waals surface area contributed by atoms with Gasteiger partial charge in [0.1, 0.15) is 0 Å². The van der Waals surface area contributed by atoms with Crippen molar-refractivity contribution in [2.45, 2.75) is 6.04 Å². The van der Waals surface area contributed by atoms with Crippen molar-refractivity contribution in [3.63, 3.8) is 0 Å². The van der Waals surface area contributed by atoms with Crippen LogP contribution in [0.3, 0.4) is 0 Å². The number of halogens is 1. The van der Waals surface area contributed by atoms with Crippen molar-refractivity contribution < 1.29 is 14.8 Å². The monoisotopic (exact) mass is 428 g/mol. The zero-order valence-electron chi connectivity index (χ0n) is 16.6. The van der Waals surface area contributed by atoms with E-state index in [2.05, 4.69) is 29.1 Å². The van der Waals surface area contributed by atoms with Crippen LogP contribution in [0.5, 0.6) is 0 Å². The molecule has 2 aromatic rings. The summed E-state index contributed by atoms with van der Waals surface area (Å²) in [6.07, 6.45) is 5.86. The fraction of sp³-hybridized carbons (Fsp3) is 0.227. The lowest BCUT2D eigenvalue weighted by molar-refractivity contribution is -0.128. The first kappa shape index (κ1) is 23.3. The topological polar surface area (TPSA) is 85.8 Å². The highest BCUT2D eigenvalue weighted by Crippen LogP contribution is 2.24. The minimum atomic E-state index is -0.633. The van der Waals surface area contributed by atoms with Crippen LogP contribution in [0.25, 0.3) is 12.2 Å². The van der Waals surface area contributed by atoms with Crippen LogP contribution in [-0.4, -0.2) is 58.5 Å². The number of nitrogens with zero attached hydrogens (tertiary/aromatic N) is 3. The molecule has 1 unspecified atom stereocenters. The third-order valence-electron chi connectivity index (χ3n) is 4.85. The Morgan fingerprint density at radius 2 is 1.70 bits per heavy atom. The molecule has 0 aliphatic carbocycles. The highest BCUT2D eigenvalue weighted by atomic mass is 35.5. The summed E-state index contributed by atoms with van der Waals surface area (Å²) >= 11 is 0. The van der Waals surface area contributed by atoms with E-state index in [1.54, 1.807) is 24.3 Å². The van der Waals surface area contributed by atoms with Crippen molar-refractivity contribution in [2.75, 3.05) is 26.7 Å². The van der Waals surface area contributed by atoms with Gasteiger partial charge in [0, 0.05) is 31.8 Å². The SMILES string of the molecule is CN1CCN(C(=O)/C=C/c2cccc(/C=C/C(=O)NO)n2)CC1c1ccccc1.Cl. The molecule has 7 nitrogen and oxygen atoms in total. The summed E-state index contributed by atoms with van der Waals surface area (Å²) in [5.74, 6) is -0.688. The van der Waals surface area contributed by atoms with Crippen LogP contribution >= 0.6 is 12.4 Å². The standard InChI is InChI=1S/C22H24N4O3.ClH/c1-25-14-15-26(16-20(25)17-6-3-2-4-7-17)22(28)13-11-19-9-5-8-18(23-19)10-12-21(27)24-29;/h2-13,20,29H,14-16H2,1H3,(H,24,27);1H/b12-10+,13-11+;. The van der Waals surface area contributed by atoms with Gasteiger partial charge in [-0.05, 0) is 36.9 Å². The maximum absolute atomic E-state index is 12.7. The Balaban J connectivity index is 0.00000320. The normalized spacial score (nSPS) is 17.1. The molecule has 0 spiro atoms. The first-order valence-electron chi connectivity index (χ1n) is 9.38. The van der Waals surface area contributed by atoms with Gasteiger partial charge >= 0.3 is 0 Å². The summed E-state index contributed by atoms with van der Waals surface area (Å²) in [6.45, 7) is 2.12. The zero-order valence-corrected chi connectivity index (χ0v) is 17.5. The molecule has 0 saturated carbocycles. The summed E-state index contributed by atoms with van der Waals surface area (Å²) in [7, 11) is 2.08. The third kappa shape index (κ3) is 6.25. The summed E-state index contributed by atoms with van der Waals surface area (Å²) in [4.78, 5) is 32.2. The van der Waals surface area contributed by atoms with Gasteiger partial charge in [-0.1, -0.05) is 36.4 Å². The van der Waals surface area contributed by atoms with Crippen molar-refractivity contribution in [2.24, 2.45) is 0 Å². The molecule has 2 amide bonds. The number of benzene rings is 1. The number of rotatable bonds is 5. The number of likely N-dealkylation sites (N-methyl/N-ethyl adjacent to an activating group) is 1. The number of hydrogen-bond donors (Lipinski definition) is 2. The predicted octanol–water partition coefficient (Wildman–Crippen LogP) is 2.55. The molecule has 158 valence electrons. The molecule has 0 bridgehead atoms. The second kappa shape index (κ2) is 11.3. The van der Waals surface area contributed by atoms with E-state index in [4.69, 9.17) is 5.21 Å². The van der Waals surface area contributed by atoms with Gasteiger partial charge in [-0.3, -0.25) is 19.7 Å². The Morgan fingerprint density at radius 1 is 1.03 bits per heavy atom. The smallest absolute Gasteiger partial charge is 0.267 e. The average molecular weight is 429 g/mol. The molecule has 2 N–H and O–H groups in total. The minimum Gasteiger partial charge on any atom is -0.336 e. The van der Waals surface area contributed by atoms with Crippen molar-refractivity contribution >= 4 is 36.4 Å². The number of hydroxylamine groups is 1. The molecule has 30 heavy (non-hydrogen) atoms. The number of hydrogen-bond acceptors (Lipinski definition) is 5. The Morgan fingerprint density at radius 3 is 2.37 bits per heavy atom. The molecular formula is C22H25ClN4O3. The van der Waals surface area contributed by atoms with E-state index in [0.717, 1.165) is 6.54 Å². The Labute approximate surface area is 182 Å². The average Bonchev–Trinajstić information content (AvgIpc) is 2.77. The van der Waals surface area contributed by atoms with Crippen LogP contribution in [0.1, 0.15) is 23.0 Å². The van der Waals surface area contributed by atoms with E-state index >= 15 is 0 Å². The van der Waals surface area contributed by atoms with Gasteiger partial charge in [-0.2, -0.15) is 0 Å². The molecule has 1 aliphatic rings. The highest BCUT2D eigenvalue weighted by Gasteiger charge is 2.27. The number of pyridine rings is 1. The lowest BCUT2D eigenvalue weighted by Crippen LogP contribution is -2.48. The van der Waals surface area contributed by atoms with E-state index in [0.29, 0.717) is 24.5 Å². The number of carbonyl (C=O) groups is 2. The first-order valence-corrected chi connectivity index (χ1v) is 9.38. The number of carbonyl (C=O) groups excluding carboxylic acids is 2. The quantitative estimate of drug-likeness (QED) is 0.434. The summed E-state index contributed by atoms with van der Waals surface area (Å²) < 4.78 is 0. The van der Waals surface area contributed by atoms with E-state index in [1.807, 2.05) is 23.1 Å². The fourth-order valence-corrected chi connectivity index (χ4v) is 3.22. The Kier molecular flexibility index (Phi) is 8.73. The zero-order chi connectivity index (χ0) is 20.6. The van der Waals surface area contributed by atoms with Gasteiger partial charge in [0.25, 0.3) is 5.91 Å². The molecule has 1 aliphatic heterocycles. The van der Waals surface area contributed by atoms with Gasteiger partial charge < -0.3 is 4.90 Å². The third-order valence-corrected chi connectivity index (χ3v) is 4.85. The lowest BCUT2D eigenvalue weighted by Gasteiger charge is -2.39. The summed E-state index contributed by atoms with van der Waals surface area (Å²) in [6, 6.07) is 15.7. The highest BCUT2D eigenvalue weighted by molar-refractivity contribution is 5.92. The Hall–Kier alpha value is -3.00. The van der Waals surface area contributed by atoms with E-state index in [1.165, 1.54) is 29.3 Å². The van der Waals surface area contributed by atoms with Crippen LogP contribution < -0.4 is 5.48 Å². The minimum absolute atomic E-state index is 0. The second-order valence-corrected chi connectivity index (χ2v) is 6.82. The molecule has 3 rings (SSSR count). The number of aromatic nitrogens is 1. The number of nitrogens with one attached hydrogen (secondary N) is 1. The van der Waals surface area contributed by atoms with Gasteiger partial charge in [-0.15, -0.1) is 12.4 Å².